The first-order valence-corrected chi connectivity index (χ1v) is 19.3. The zero-order valence-electron chi connectivity index (χ0n) is 31.0. The third-order valence-corrected chi connectivity index (χ3v) is 11.1. The Bertz CT molecular complexity index is 2100. The highest BCUT2D eigenvalue weighted by molar-refractivity contribution is 7.99. The molecule has 290 valence electrons. The fraction of sp³-hybridized carbons (Fsp3) is 0.310. The molecule has 1 fully saturated rings. The minimum Gasteiger partial charge on any atom is -0.378 e. The highest BCUT2D eigenvalue weighted by Crippen LogP contribution is 2.44. The van der Waals surface area contributed by atoms with Gasteiger partial charge in [0, 0.05) is 49.9 Å². The third-order valence-electron chi connectivity index (χ3n) is 8.78. The largest absolute Gasteiger partial charge is 0.417 e. The van der Waals surface area contributed by atoms with Gasteiger partial charge in [0.05, 0.1) is 30.0 Å². The number of carbonyl (C=O) groups is 1. The van der Waals surface area contributed by atoms with E-state index in [2.05, 4.69) is 9.97 Å². The molecular weight excluding hydrogens is 757 g/mol. The molecule has 0 spiro atoms. The van der Waals surface area contributed by atoms with Crippen LogP contribution in [0.3, 0.4) is 0 Å². The Kier molecular flexibility index (Phi) is 13.7. The summed E-state index contributed by atoms with van der Waals surface area (Å²) in [5.41, 5.74) is 1.54. The number of hydrogen-bond donors (Lipinski definition) is 0. The van der Waals surface area contributed by atoms with Gasteiger partial charge >= 0.3 is 12.4 Å². The van der Waals surface area contributed by atoms with Crippen LogP contribution in [0.25, 0.3) is 11.3 Å². The van der Waals surface area contributed by atoms with E-state index in [1.165, 1.54) is 37.5 Å². The molecule has 4 aromatic carbocycles. The van der Waals surface area contributed by atoms with Crippen LogP contribution in [-0.2, 0) is 17.1 Å². The van der Waals surface area contributed by atoms with E-state index < -0.39 is 23.5 Å². The van der Waals surface area contributed by atoms with Crippen molar-refractivity contribution in [3.8, 4) is 11.3 Å². The number of alkyl halides is 6. The van der Waals surface area contributed by atoms with Crippen LogP contribution in [0.2, 0.25) is 0 Å². The van der Waals surface area contributed by atoms with Gasteiger partial charge in [-0.25, -0.2) is 9.97 Å². The topological polar surface area (TPSA) is 55.3 Å². The van der Waals surface area contributed by atoms with Crippen LogP contribution >= 0.6 is 23.5 Å². The number of ketones is 1. The Morgan fingerprint density at radius 3 is 1.69 bits per heavy atom. The normalized spacial score (nSPS) is 13.5. The third kappa shape index (κ3) is 10.9. The molecule has 1 aliphatic heterocycles. The van der Waals surface area contributed by atoms with Gasteiger partial charge in [-0.1, -0.05) is 99.7 Å². The molecule has 0 amide bonds. The zero-order chi connectivity index (χ0) is 39.9. The van der Waals surface area contributed by atoms with Crippen molar-refractivity contribution < 1.29 is 35.9 Å². The maximum absolute atomic E-state index is 14.0. The van der Waals surface area contributed by atoms with Crippen molar-refractivity contribution in [3.05, 3.63) is 125 Å². The lowest BCUT2D eigenvalue weighted by molar-refractivity contribution is -0.140. The number of carbonyl (C=O) groups excluding carboxylic acids is 1. The zero-order valence-corrected chi connectivity index (χ0v) is 32.6. The summed E-state index contributed by atoms with van der Waals surface area (Å²) in [5, 5.41) is 0. The van der Waals surface area contributed by atoms with Gasteiger partial charge in [0.1, 0.15) is 12.1 Å². The molecule has 55 heavy (non-hydrogen) atoms. The lowest BCUT2D eigenvalue weighted by Gasteiger charge is -2.27. The van der Waals surface area contributed by atoms with Crippen molar-refractivity contribution >= 4 is 35.1 Å². The highest BCUT2D eigenvalue weighted by atomic mass is 32.2. The molecule has 0 unspecified atom stereocenters. The van der Waals surface area contributed by atoms with Gasteiger partial charge in [0.15, 0.2) is 5.78 Å². The molecule has 0 N–H and O–H groups in total. The van der Waals surface area contributed by atoms with Crippen LogP contribution in [0.15, 0.2) is 117 Å². The summed E-state index contributed by atoms with van der Waals surface area (Å²) in [4.78, 5) is 23.8. The number of morpholine rings is 1. The number of halogens is 6. The molecule has 5 aromatic rings. The summed E-state index contributed by atoms with van der Waals surface area (Å²) >= 11 is 2.24. The van der Waals surface area contributed by atoms with Crippen molar-refractivity contribution in [2.24, 2.45) is 0 Å². The van der Waals surface area contributed by atoms with E-state index in [4.69, 9.17) is 4.74 Å². The van der Waals surface area contributed by atoms with Gasteiger partial charge in [-0.15, -0.1) is 0 Å². The molecule has 0 radical (unpaired) electrons. The maximum atomic E-state index is 14.0. The minimum absolute atomic E-state index is 0.0684. The molecule has 1 saturated heterocycles. The highest BCUT2D eigenvalue weighted by Gasteiger charge is 2.35. The second kappa shape index (κ2) is 18.1. The van der Waals surface area contributed by atoms with Crippen molar-refractivity contribution in [3.63, 3.8) is 0 Å². The molecule has 5 nitrogen and oxygen atoms in total. The van der Waals surface area contributed by atoms with E-state index in [0.29, 0.717) is 43.4 Å². The van der Waals surface area contributed by atoms with Crippen LogP contribution < -0.4 is 4.90 Å². The number of benzene rings is 4. The maximum Gasteiger partial charge on any atom is 0.417 e. The summed E-state index contributed by atoms with van der Waals surface area (Å²) in [6, 6.07) is 24.9. The smallest absolute Gasteiger partial charge is 0.378 e. The molecule has 0 aliphatic carbocycles. The second-order valence-electron chi connectivity index (χ2n) is 13.4. The summed E-state index contributed by atoms with van der Waals surface area (Å²) in [6.45, 7) is 11.9. The number of anilines is 1. The molecule has 1 aromatic heterocycles. The first-order chi connectivity index (χ1) is 26.0. The van der Waals surface area contributed by atoms with E-state index in [1.807, 2.05) is 81.1 Å². The van der Waals surface area contributed by atoms with Gasteiger partial charge in [-0.3, -0.25) is 4.79 Å². The fourth-order valence-electron chi connectivity index (χ4n) is 5.87. The Balaban J connectivity index is 0.000000223. The second-order valence-corrected chi connectivity index (χ2v) is 15.6. The summed E-state index contributed by atoms with van der Waals surface area (Å²) in [7, 11) is 0. The minimum atomic E-state index is -4.50. The van der Waals surface area contributed by atoms with Crippen LogP contribution in [0, 0.1) is 0 Å². The molecule has 0 bridgehead atoms. The predicted molar refractivity (Wildman–Crippen MR) is 206 cm³/mol. The Morgan fingerprint density at radius 2 is 1.18 bits per heavy atom. The fourth-order valence-corrected chi connectivity index (χ4v) is 8.32. The summed E-state index contributed by atoms with van der Waals surface area (Å²) in [6.07, 6.45) is -7.58. The van der Waals surface area contributed by atoms with E-state index in [1.54, 1.807) is 12.1 Å². The van der Waals surface area contributed by atoms with E-state index in [9.17, 15) is 31.1 Å². The van der Waals surface area contributed by atoms with Crippen LogP contribution in [0.4, 0.5) is 32.2 Å². The van der Waals surface area contributed by atoms with Gasteiger partial charge < -0.3 is 9.64 Å². The number of rotatable bonds is 9. The molecule has 1 aliphatic rings. The number of aromatic nitrogens is 2. The molecule has 6 rings (SSSR count). The number of hydrogen-bond acceptors (Lipinski definition) is 7. The monoisotopic (exact) mass is 797 g/mol. The van der Waals surface area contributed by atoms with Crippen molar-refractivity contribution in [1.82, 2.24) is 9.97 Å². The van der Waals surface area contributed by atoms with Crippen LogP contribution in [0.5, 0.6) is 0 Å². The SMILES string of the molecule is CC(=O)c1ccc(Sc2ccccc2C(C)C)c(C(F)(F)F)c1.CC(C)c1ccccc1Sc1ccc(-c2cc(N3CCOCC3)ncn2)cc1C(F)(F)F. The Labute approximate surface area is 325 Å². The van der Waals surface area contributed by atoms with Crippen LogP contribution in [0.1, 0.15) is 79.1 Å². The molecule has 0 atom stereocenters. The van der Waals surface area contributed by atoms with Crippen molar-refractivity contribution in [2.75, 3.05) is 31.2 Å². The van der Waals surface area contributed by atoms with Gasteiger partial charge in [0.25, 0.3) is 0 Å². The molecule has 2 heterocycles. The van der Waals surface area contributed by atoms with Crippen molar-refractivity contribution in [1.29, 1.82) is 0 Å². The van der Waals surface area contributed by atoms with Gasteiger partial charge in [0.2, 0.25) is 0 Å². The lowest BCUT2D eigenvalue weighted by Crippen LogP contribution is -2.36. The Hall–Kier alpha value is -4.33. The predicted octanol–water partition coefficient (Wildman–Crippen LogP) is 12.5. The van der Waals surface area contributed by atoms with E-state index in [0.717, 1.165) is 50.5 Å². The quantitative estimate of drug-likeness (QED) is 0.109. The number of Topliss-reactive ketones (excluding diaryl/α,β-unsaturated/α-hetero) is 1. The molecule has 0 saturated carbocycles. The molecule has 13 heteroatoms. The van der Waals surface area contributed by atoms with Gasteiger partial charge in [-0.2, -0.15) is 26.3 Å². The Morgan fingerprint density at radius 1 is 0.673 bits per heavy atom. The van der Waals surface area contributed by atoms with Gasteiger partial charge in [-0.05, 0) is 66.3 Å². The van der Waals surface area contributed by atoms with E-state index in [-0.39, 0.29) is 33.0 Å². The standard InChI is InChI=1S/C24H24F3N3OS.C18H17F3OS/c1-16(2)18-5-3-4-6-21(18)32-22-8-7-17(13-19(22)24(25,26)27)20-14-23(29-15-28-20)30-9-11-31-12-10-30;1-11(2)14-6-4-5-7-16(14)23-17-9-8-13(12(3)22)10-15(17)18(19,20)21/h3-8,13-16H,9-12H2,1-2H3;4-11H,1-3H3. The lowest BCUT2D eigenvalue weighted by atomic mass is 10.0. The van der Waals surface area contributed by atoms with Crippen molar-refractivity contribution in [2.45, 2.75) is 78.4 Å². The summed E-state index contributed by atoms with van der Waals surface area (Å²) < 4.78 is 87.4. The average molecular weight is 798 g/mol. The number of ether oxygens (including phenoxy) is 1. The first-order valence-electron chi connectivity index (χ1n) is 17.6. The first kappa shape index (κ1) is 41.8. The van der Waals surface area contributed by atoms with Crippen LogP contribution in [-0.4, -0.2) is 42.1 Å². The van der Waals surface area contributed by atoms with E-state index >= 15 is 0 Å². The average Bonchev–Trinajstić information content (AvgIpc) is 3.15. The summed E-state index contributed by atoms with van der Waals surface area (Å²) in [5.74, 6) is 0.738. The molecular formula is C42H41F6N3O2S2. The number of nitrogens with zero attached hydrogens (tertiary/aromatic N) is 3.